The lowest BCUT2D eigenvalue weighted by Gasteiger charge is -2.19. The molecule has 28 heavy (non-hydrogen) atoms. The molecule has 1 unspecified atom stereocenters. The highest BCUT2D eigenvalue weighted by molar-refractivity contribution is 6.01. The smallest absolute Gasteiger partial charge is 0.432 e. The molecule has 1 aliphatic rings. The van der Waals surface area contributed by atoms with Crippen molar-refractivity contribution in [3.05, 3.63) is 10.4 Å². The van der Waals surface area contributed by atoms with Crippen LogP contribution < -0.4 is 10.6 Å². The Bertz CT molecular complexity index is 624. The van der Waals surface area contributed by atoms with Gasteiger partial charge in [-0.25, -0.2) is 9.59 Å². The normalized spacial score (nSPS) is 14.9. The van der Waals surface area contributed by atoms with Crippen LogP contribution >= 0.6 is 0 Å². The van der Waals surface area contributed by atoms with Crippen molar-refractivity contribution in [2.45, 2.75) is 64.5 Å². The molecule has 1 aliphatic heterocycles. The molecule has 0 radical (unpaired) electrons. The highest BCUT2D eigenvalue weighted by Gasteiger charge is 2.32. The number of unbranched alkanes of at least 4 members (excludes halogenated alkanes) is 1. The molecule has 12 heteroatoms. The number of amides is 4. The van der Waals surface area contributed by atoms with Crippen LogP contribution in [0.15, 0.2) is 5.11 Å². The van der Waals surface area contributed by atoms with Crippen molar-refractivity contribution in [3.8, 4) is 0 Å². The van der Waals surface area contributed by atoms with Crippen LogP contribution in [0.5, 0.6) is 0 Å². The van der Waals surface area contributed by atoms with Gasteiger partial charge in [-0.2, -0.15) is 0 Å². The summed E-state index contributed by atoms with van der Waals surface area (Å²) in [6.45, 7) is 5.69. The highest BCUT2D eigenvalue weighted by Crippen LogP contribution is 2.12. The van der Waals surface area contributed by atoms with Gasteiger partial charge >= 0.3 is 12.2 Å². The molecule has 4 amide bonds. The third-order valence-corrected chi connectivity index (χ3v) is 3.51. The second kappa shape index (κ2) is 11.0. The van der Waals surface area contributed by atoms with Crippen LogP contribution in [0, 0.1) is 0 Å². The third kappa shape index (κ3) is 9.08. The largest absolute Gasteiger partial charge is 0.444 e. The number of hydroxylamine groups is 2. The van der Waals surface area contributed by atoms with Gasteiger partial charge in [0.15, 0.2) is 0 Å². The van der Waals surface area contributed by atoms with E-state index in [2.05, 4.69) is 25.5 Å². The van der Waals surface area contributed by atoms with Crippen LogP contribution in [0.1, 0.15) is 52.9 Å². The number of nitrogens with one attached hydrogen (secondary N) is 2. The van der Waals surface area contributed by atoms with Crippen LogP contribution in [0.3, 0.4) is 0 Å². The van der Waals surface area contributed by atoms with Gasteiger partial charge in [-0.15, -0.1) is 5.06 Å². The Hall–Kier alpha value is -3.01. The minimum absolute atomic E-state index is 0.00476. The van der Waals surface area contributed by atoms with Gasteiger partial charge in [0.2, 0.25) is 0 Å². The number of imide groups is 1. The molecular formula is C16H26N6O6. The monoisotopic (exact) mass is 398 g/mol. The summed E-state index contributed by atoms with van der Waals surface area (Å²) in [5, 5.41) is 9.00. The average Bonchev–Trinajstić information content (AvgIpc) is 2.89. The maximum atomic E-state index is 11.7. The van der Waals surface area contributed by atoms with E-state index in [1.165, 1.54) is 0 Å². The Labute approximate surface area is 162 Å². The summed E-state index contributed by atoms with van der Waals surface area (Å²) in [5.74, 6) is -1.16. The van der Waals surface area contributed by atoms with Gasteiger partial charge < -0.3 is 20.2 Å². The lowest BCUT2D eigenvalue weighted by Crippen LogP contribution is -2.39. The number of carbonyl (C=O) groups is 4. The van der Waals surface area contributed by atoms with Crippen LogP contribution in [-0.4, -0.2) is 53.8 Å². The number of carbonyl (C=O) groups excluding carboxylic acids is 4. The predicted octanol–water partition coefficient (Wildman–Crippen LogP) is 2.15. The molecule has 0 saturated carbocycles. The summed E-state index contributed by atoms with van der Waals surface area (Å²) < 4.78 is 5.11. The summed E-state index contributed by atoms with van der Waals surface area (Å²) >= 11 is 0. The second-order valence-corrected chi connectivity index (χ2v) is 7.12. The lowest BCUT2D eigenvalue weighted by atomic mass is 10.1. The number of nitrogens with zero attached hydrogens (tertiary/aromatic N) is 4. The summed E-state index contributed by atoms with van der Waals surface area (Å²) in [7, 11) is 0. The van der Waals surface area contributed by atoms with Crippen molar-refractivity contribution in [1.82, 2.24) is 15.7 Å². The number of azide groups is 1. The number of hydrogen-bond donors (Lipinski definition) is 2. The minimum Gasteiger partial charge on any atom is -0.444 e. The zero-order valence-electron chi connectivity index (χ0n) is 16.3. The van der Waals surface area contributed by atoms with E-state index in [1.807, 2.05) is 0 Å². The van der Waals surface area contributed by atoms with Gasteiger partial charge in [0.25, 0.3) is 11.8 Å². The predicted molar refractivity (Wildman–Crippen MR) is 96.6 cm³/mol. The number of ether oxygens (including phenoxy) is 1. The Morgan fingerprint density at radius 3 is 2.39 bits per heavy atom. The zero-order valence-corrected chi connectivity index (χ0v) is 16.3. The van der Waals surface area contributed by atoms with E-state index in [0.717, 1.165) is 0 Å². The fourth-order valence-electron chi connectivity index (χ4n) is 2.26. The van der Waals surface area contributed by atoms with E-state index in [4.69, 9.17) is 10.3 Å². The van der Waals surface area contributed by atoms with E-state index < -0.39 is 35.6 Å². The van der Waals surface area contributed by atoms with Crippen molar-refractivity contribution < 1.29 is 28.8 Å². The molecule has 0 aliphatic carbocycles. The molecule has 0 aromatic rings. The first kappa shape index (κ1) is 23.0. The van der Waals surface area contributed by atoms with Crippen molar-refractivity contribution >= 4 is 24.0 Å². The van der Waals surface area contributed by atoms with Crippen molar-refractivity contribution in [2.24, 2.45) is 5.11 Å². The molecule has 0 spiro atoms. The lowest BCUT2D eigenvalue weighted by molar-refractivity contribution is -0.171. The van der Waals surface area contributed by atoms with Gasteiger partial charge in [0.1, 0.15) is 5.60 Å². The number of alkyl carbamates (subject to hydrolysis) is 1. The number of rotatable bonds is 9. The van der Waals surface area contributed by atoms with E-state index in [0.29, 0.717) is 30.9 Å². The maximum absolute atomic E-state index is 11.7. The molecule has 1 atom stereocenters. The Kier molecular flexibility index (Phi) is 9.03. The first-order valence-electron chi connectivity index (χ1n) is 8.95. The van der Waals surface area contributed by atoms with Gasteiger partial charge in [-0.05, 0) is 39.1 Å². The summed E-state index contributed by atoms with van der Waals surface area (Å²) in [4.78, 5) is 53.4. The van der Waals surface area contributed by atoms with E-state index >= 15 is 0 Å². The molecule has 1 fully saturated rings. The minimum atomic E-state index is -0.978. The van der Waals surface area contributed by atoms with E-state index in [9.17, 15) is 19.2 Å². The van der Waals surface area contributed by atoms with Gasteiger partial charge in [0, 0.05) is 30.8 Å². The van der Waals surface area contributed by atoms with Crippen molar-refractivity contribution in [2.75, 3.05) is 13.1 Å². The molecule has 1 heterocycles. The average molecular weight is 398 g/mol. The summed E-state index contributed by atoms with van der Waals surface area (Å²) in [6.07, 6.45) is 0.234. The third-order valence-electron chi connectivity index (χ3n) is 3.51. The van der Waals surface area contributed by atoms with Crippen LogP contribution in [0.2, 0.25) is 0 Å². The topological polar surface area (TPSA) is 163 Å². The highest BCUT2D eigenvalue weighted by atomic mass is 16.7. The quantitative estimate of drug-likeness (QED) is 0.199. The Morgan fingerprint density at radius 2 is 1.82 bits per heavy atom. The van der Waals surface area contributed by atoms with Crippen LogP contribution in [0.25, 0.3) is 10.4 Å². The molecule has 0 aromatic heterocycles. The molecular weight excluding hydrogens is 372 g/mol. The number of hydrogen-bond acceptors (Lipinski definition) is 7. The van der Waals surface area contributed by atoms with E-state index in [-0.39, 0.29) is 19.4 Å². The standard InChI is InChI=1S/C16H26N6O6/c1-16(2,3)27-14(25)18-9-5-4-6-11(20-21-17)10-19-15(26)28-22-12(23)7-8-13(22)24/h11H,4-10H2,1-3H3,(H,18,25)(H,19,26). The maximum Gasteiger partial charge on any atom is 0.432 e. The van der Waals surface area contributed by atoms with Crippen LogP contribution in [-0.2, 0) is 19.2 Å². The van der Waals surface area contributed by atoms with Gasteiger partial charge in [-0.1, -0.05) is 11.5 Å². The van der Waals surface area contributed by atoms with Gasteiger partial charge in [-0.3, -0.25) is 9.59 Å². The van der Waals surface area contributed by atoms with Crippen molar-refractivity contribution in [3.63, 3.8) is 0 Å². The molecule has 1 rings (SSSR count). The SMILES string of the molecule is CC(C)(C)OC(=O)NCCCCC(CNC(=O)ON1C(=O)CCC1=O)N=[N+]=[N-]. The fraction of sp³-hybridized carbons (Fsp3) is 0.750. The Balaban J connectivity index is 2.27. The van der Waals surface area contributed by atoms with Crippen molar-refractivity contribution in [1.29, 1.82) is 0 Å². The first-order valence-corrected chi connectivity index (χ1v) is 8.95. The van der Waals surface area contributed by atoms with Gasteiger partial charge in [0.05, 0.1) is 6.04 Å². The molecule has 0 bridgehead atoms. The zero-order chi connectivity index (χ0) is 21.2. The van der Waals surface area contributed by atoms with Crippen LogP contribution in [0.4, 0.5) is 9.59 Å². The fourth-order valence-corrected chi connectivity index (χ4v) is 2.26. The Morgan fingerprint density at radius 1 is 1.18 bits per heavy atom. The molecule has 156 valence electrons. The second-order valence-electron chi connectivity index (χ2n) is 7.12. The van der Waals surface area contributed by atoms with E-state index in [1.54, 1.807) is 20.8 Å². The molecule has 12 nitrogen and oxygen atoms in total. The summed E-state index contributed by atoms with van der Waals surface area (Å²) in [5.41, 5.74) is 8.06. The first-order chi connectivity index (χ1) is 13.1. The molecule has 0 aromatic carbocycles. The molecule has 1 saturated heterocycles. The summed E-state index contributed by atoms with van der Waals surface area (Å²) in [6, 6.07) is -0.538. The molecule has 2 N–H and O–H groups in total.